The fraction of sp³-hybridized carbons (Fsp3) is 0.286. The van der Waals surface area contributed by atoms with Gasteiger partial charge in [0.05, 0.1) is 35.4 Å². The molecule has 41 heavy (non-hydrogen) atoms. The summed E-state index contributed by atoms with van der Waals surface area (Å²) in [5, 5.41) is 15.6. The van der Waals surface area contributed by atoms with Crippen LogP contribution in [0.15, 0.2) is 70.7 Å². The number of rotatable bonds is 13. The van der Waals surface area contributed by atoms with Gasteiger partial charge in [-0.3, -0.25) is 19.2 Å². The lowest BCUT2D eigenvalue weighted by Crippen LogP contribution is -2.39. The molecule has 0 heterocycles. The van der Waals surface area contributed by atoms with E-state index in [1.807, 2.05) is 0 Å². The van der Waals surface area contributed by atoms with Crippen LogP contribution in [0.3, 0.4) is 0 Å². The van der Waals surface area contributed by atoms with Crippen LogP contribution in [0.25, 0.3) is 0 Å². The minimum atomic E-state index is -4.50. The normalized spacial score (nSPS) is 11.5. The first-order valence-corrected chi connectivity index (χ1v) is 14.4. The highest BCUT2D eigenvalue weighted by molar-refractivity contribution is 7.92. The average molecular weight is 603 g/mol. The van der Waals surface area contributed by atoms with Crippen molar-refractivity contribution in [2.24, 2.45) is 11.0 Å². The first-order chi connectivity index (χ1) is 19.4. The van der Waals surface area contributed by atoms with Gasteiger partial charge in [0, 0.05) is 16.7 Å². The summed E-state index contributed by atoms with van der Waals surface area (Å²) in [7, 11) is -3.17. The number of halogens is 1. The van der Waals surface area contributed by atoms with E-state index in [1.165, 1.54) is 50.6 Å². The van der Waals surface area contributed by atoms with Gasteiger partial charge < -0.3 is 9.47 Å². The third kappa shape index (κ3) is 8.41. The Bertz CT molecular complexity index is 1530. The number of nitro groups is 1. The Hall–Kier alpha value is -4.16. The van der Waals surface area contributed by atoms with Crippen LogP contribution in [0.4, 0.5) is 11.4 Å². The van der Waals surface area contributed by atoms with E-state index in [0.29, 0.717) is 23.8 Å². The summed E-state index contributed by atoms with van der Waals surface area (Å²) in [5.74, 6) is 0.583. The van der Waals surface area contributed by atoms with E-state index in [-0.39, 0.29) is 32.6 Å². The minimum Gasteiger partial charge on any atom is -0.495 e. The van der Waals surface area contributed by atoms with Gasteiger partial charge in [-0.1, -0.05) is 31.5 Å². The number of benzene rings is 3. The van der Waals surface area contributed by atoms with Crippen LogP contribution in [0, 0.1) is 23.0 Å². The lowest BCUT2D eigenvalue weighted by Gasteiger charge is -2.25. The highest BCUT2D eigenvalue weighted by Gasteiger charge is 2.31. The van der Waals surface area contributed by atoms with Gasteiger partial charge in [-0.2, -0.15) is 5.10 Å². The number of carbonyl (C=O) groups excluding carboxylic acids is 1. The Morgan fingerprint density at radius 2 is 1.85 bits per heavy atom. The van der Waals surface area contributed by atoms with Crippen LogP contribution < -0.4 is 19.2 Å². The summed E-state index contributed by atoms with van der Waals surface area (Å²) in [5.41, 5.74) is 2.86. The first-order valence-electron chi connectivity index (χ1n) is 12.6. The number of sulfonamides is 1. The van der Waals surface area contributed by atoms with Crippen LogP contribution >= 0.6 is 11.6 Å². The Kier molecular flexibility index (Phi) is 10.7. The quantitative estimate of drug-likeness (QED) is 0.158. The van der Waals surface area contributed by atoms with Gasteiger partial charge in [0.25, 0.3) is 21.6 Å². The van der Waals surface area contributed by atoms with Crippen LogP contribution in [0.1, 0.15) is 31.4 Å². The molecular formula is C28H31ClN4O7S. The number of hydrazone groups is 1. The minimum absolute atomic E-state index is 0.0320. The number of nitrogens with zero attached hydrogens (tertiary/aromatic N) is 3. The molecule has 0 aliphatic carbocycles. The van der Waals surface area contributed by atoms with Crippen LogP contribution in [0.2, 0.25) is 5.02 Å². The summed E-state index contributed by atoms with van der Waals surface area (Å²) < 4.78 is 39.3. The lowest BCUT2D eigenvalue weighted by molar-refractivity contribution is -0.385. The number of hydrogen-bond acceptors (Lipinski definition) is 8. The SMILES string of the molecule is COc1ccc(Cl)cc1N(CC(=O)N/N=C\c1ccc(OCCC(C)C)cc1)S(=O)(=O)c1ccc(C)c([N+](=O)[O-])c1. The number of hydrogen-bond donors (Lipinski definition) is 1. The molecule has 13 heteroatoms. The number of carbonyl (C=O) groups is 1. The molecule has 1 N–H and O–H groups in total. The molecule has 0 saturated heterocycles. The number of nitro benzene ring substituents is 1. The second kappa shape index (κ2) is 14.0. The molecule has 0 aromatic heterocycles. The second-order valence-corrected chi connectivity index (χ2v) is 11.7. The number of amides is 1. The maximum atomic E-state index is 13.7. The topological polar surface area (TPSA) is 140 Å². The van der Waals surface area contributed by atoms with Crippen molar-refractivity contribution in [3.8, 4) is 11.5 Å². The van der Waals surface area contributed by atoms with Gasteiger partial charge in [0.1, 0.15) is 18.0 Å². The molecule has 3 aromatic carbocycles. The lowest BCUT2D eigenvalue weighted by atomic mass is 10.1. The molecule has 0 atom stereocenters. The van der Waals surface area contributed by atoms with Gasteiger partial charge in [0.2, 0.25) is 0 Å². The molecule has 0 aliphatic rings. The molecule has 0 unspecified atom stereocenters. The third-order valence-electron chi connectivity index (χ3n) is 5.91. The third-order valence-corrected chi connectivity index (χ3v) is 7.90. The van der Waals surface area contributed by atoms with Crippen molar-refractivity contribution in [1.29, 1.82) is 0 Å². The van der Waals surface area contributed by atoms with E-state index in [2.05, 4.69) is 24.4 Å². The molecule has 3 aromatic rings. The molecule has 0 fully saturated rings. The predicted molar refractivity (Wildman–Crippen MR) is 157 cm³/mol. The number of nitrogens with one attached hydrogen (secondary N) is 1. The fourth-order valence-electron chi connectivity index (χ4n) is 3.64. The zero-order valence-electron chi connectivity index (χ0n) is 23.0. The largest absolute Gasteiger partial charge is 0.495 e. The van der Waals surface area contributed by atoms with E-state index >= 15 is 0 Å². The molecule has 218 valence electrons. The van der Waals surface area contributed by atoms with Gasteiger partial charge >= 0.3 is 0 Å². The predicted octanol–water partition coefficient (Wildman–Crippen LogP) is 5.34. The first kappa shape index (κ1) is 31.4. The monoisotopic (exact) mass is 602 g/mol. The molecule has 11 nitrogen and oxygen atoms in total. The number of methoxy groups -OCH3 is 1. The Morgan fingerprint density at radius 1 is 1.15 bits per heavy atom. The summed E-state index contributed by atoms with van der Waals surface area (Å²) in [4.78, 5) is 23.3. The second-order valence-electron chi connectivity index (χ2n) is 9.43. The smallest absolute Gasteiger partial charge is 0.273 e. The van der Waals surface area contributed by atoms with E-state index in [0.717, 1.165) is 16.8 Å². The van der Waals surface area contributed by atoms with Gasteiger partial charge in [-0.25, -0.2) is 13.8 Å². The summed E-state index contributed by atoms with van der Waals surface area (Å²) in [6.07, 6.45) is 2.34. The van der Waals surface area contributed by atoms with Crippen LogP contribution in [0.5, 0.6) is 11.5 Å². The Morgan fingerprint density at radius 3 is 2.49 bits per heavy atom. The average Bonchev–Trinajstić information content (AvgIpc) is 2.92. The Labute approximate surface area is 243 Å². The zero-order valence-corrected chi connectivity index (χ0v) is 24.6. The summed E-state index contributed by atoms with van der Waals surface area (Å²) in [6, 6.07) is 14.9. The zero-order chi connectivity index (χ0) is 30.2. The van der Waals surface area contributed by atoms with E-state index < -0.39 is 27.4 Å². The van der Waals surface area contributed by atoms with Crippen molar-refractivity contribution in [2.45, 2.75) is 32.1 Å². The molecular weight excluding hydrogens is 572 g/mol. The molecule has 1 amide bonds. The van der Waals surface area contributed by atoms with Crippen molar-refractivity contribution in [2.75, 3.05) is 24.6 Å². The molecule has 0 bridgehead atoms. The number of ether oxygens (including phenoxy) is 2. The van der Waals surface area contributed by atoms with Gasteiger partial charge in [0.15, 0.2) is 0 Å². The molecule has 0 radical (unpaired) electrons. The highest BCUT2D eigenvalue weighted by Crippen LogP contribution is 2.35. The molecule has 0 aliphatic heterocycles. The van der Waals surface area contributed by atoms with Crippen LogP contribution in [-0.2, 0) is 14.8 Å². The van der Waals surface area contributed by atoms with E-state index in [9.17, 15) is 23.3 Å². The maximum Gasteiger partial charge on any atom is 0.273 e. The van der Waals surface area contributed by atoms with Crippen molar-refractivity contribution < 1.29 is 27.6 Å². The van der Waals surface area contributed by atoms with Gasteiger partial charge in [-0.05, 0) is 73.4 Å². The van der Waals surface area contributed by atoms with Crippen LogP contribution in [-0.4, -0.2) is 45.7 Å². The standard InChI is InChI=1S/C28H31ClN4O7S/c1-19(2)13-14-40-23-9-6-21(7-10-23)17-30-31-28(34)18-32(26-15-22(29)8-12-27(26)39-4)41(37,38)24-11-5-20(3)25(16-24)33(35)36/h5-12,15-17,19H,13-14,18H2,1-4H3,(H,31,34)/b30-17-. The highest BCUT2D eigenvalue weighted by atomic mass is 35.5. The van der Waals surface area contributed by atoms with Gasteiger partial charge in [-0.15, -0.1) is 0 Å². The fourth-order valence-corrected chi connectivity index (χ4v) is 5.25. The van der Waals surface area contributed by atoms with Crippen molar-refractivity contribution in [3.63, 3.8) is 0 Å². The summed E-state index contributed by atoms with van der Waals surface area (Å²) >= 11 is 6.14. The molecule has 0 saturated carbocycles. The summed E-state index contributed by atoms with van der Waals surface area (Å²) in [6.45, 7) is 5.61. The van der Waals surface area contributed by atoms with E-state index in [4.69, 9.17) is 21.1 Å². The number of anilines is 1. The number of aryl methyl sites for hydroxylation is 1. The molecule has 3 rings (SSSR count). The van der Waals surface area contributed by atoms with Crippen molar-refractivity contribution in [3.05, 3.63) is 86.9 Å². The maximum absolute atomic E-state index is 13.7. The Balaban J connectivity index is 1.84. The van der Waals surface area contributed by atoms with Crippen molar-refractivity contribution >= 4 is 45.1 Å². The molecule has 0 spiro atoms. The van der Waals surface area contributed by atoms with E-state index in [1.54, 1.807) is 24.3 Å². The van der Waals surface area contributed by atoms with Crippen molar-refractivity contribution in [1.82, 2.24) is 5.43 Å².